The molecule has 0 N–H and O–H groups in total. The van der Waals surface area contributed by atoms with Gasteiger partial charge in [-0.2, -0.15) is 0 Å². The predicted octanol–water partition coefficient (Wildman–Crippen LogP) is 3.95. The summed E-state index contributed by atoms with van der Waals surface area (Å²) in [5.41, 5.74) is 1.35. The molecule has 16 heavy (non-hydrogen) atoms. The number of rotatable bonds is 3. The summed E-state index contributed by atoms with van der Waals surface area (Å²) in [6.45, 7) is 4.59. The van der Waals surface area contributed by atoms with E-state index >= 15 is 0 Å². The van der Waals surface area contributed by atoms with E-state index in [9.17, 15) is 0 Å². The van der Waals surface area contributed by atoms with E-state index in [4.69, 9.17) is 11.6 Å². The van der Waals surface area contributed by atoms with E-state index in [1.54, 1.807) is 0 Å². The lowest BCUT2D eigenvalue weighted by Crippen LogP contribution is -2.32. The highest BCUT2D eigenvalue weighted by molar-refractivity contribution is 9.09. The lowest BCUT2D eigenvalue weighted by atomic mass is 10.1. The zero-order valence-electron chi connectivity index (χ0n) is 9.50. The number of likely N-dealkylation sites (tertiary alicyclic amines) is 1. The van der Waals surface area contributed by atoms with Crippen LogP contribution in [0.15, 0.2) is 24.3 Å². The van der Waals surface area contributed by atoms with Crippen LogP contribution < -0.4 is 0 Å². The minimum absolute atomic E-state index is 0.677. The third-order valence-corrected chi connectivity index (χ3v) is 4.37. The summed E-state index contributed by atoms with van der Waals surface area (Å²) in [5.74, 6) is 0.798. The molecule has 0 spiro atoms. The van der Waals surface area contributed by atoms with Crippen LogP contribution in [-0.4, -0.2) is 22.8 Å². The van der Waals surface area contributed by atoms with Crippen molar-refractivity contribution >= 4 is 27.5 Å². The summed E-state index contributed by atoms with van der Waals surface area (Å²) in [7, 11) is 0. The Hall–Kier alpha value is -0.0500. The van der Waals surface area contributed by atoms with Crippen LogP contribution in [0.1, 0.15) is 18.9 Å². The monoisotopic (exact) mass is 301 g/mol. The zero-order chi connectivity index (χ0) is 11.5. The van der Waals surface area contributed by atoms with Crippen LogP contribution >= 0.6 is 27.5 Å². The molecule has 2 atom stereocenters. The van der Waals surface area contributed by atoms with Gasteiger partial charge >= 0.3 is 0 Å². The number of nitrogens with zero attached hydrogens (tertiary/aromatic N) is 1. The van der Waals surface area contributed by atoms with Gasteiger partial charge in [0.1, 0.15) is 0 Å². The first-order chi connectivity index (χ1) is 7.70. The molecule has 0 bridgehead atoms. The van der Waals surface area contributed by atoms with E-state index in [2.05, 4.69) is 39.9 Å². The first-order valence-electron chi connectivity index (χ1n) is 5.75. The summed E-state index contributed by atoms with van der Waals surface area (Å²) < 4.78 is 0. The molecule has 1 aliphatic rings. The Labute approximate surface area is 111 Å². The topological polar surface area (TPSA) is 3.24 Å². The van der Waals surface area contributed by atoms with Crippen molar-refractivity contribution in [3.8, 4) is 0 Å². The molecule has 0 aliphatic carbocycles. The van der Waals surface area contributed by atoms with Gasteiger partial charge in [0.25, 0.3) is 0 Å². The maximum absolute atomic E-state index is 5.89. The van der Waals surface area contributed by atoms with Crippen molar-refractivity contribution in [2.45, 2.75) is 25.9 Å². The smallest absolute Gasteiger partial charge is 0.0406 e. The molecule has 1 fully saturated rings. The molecule has 3 heteroatoms. The van der Waals surface area contributed by atoms with Gasteiger partial charge in [0.2, 0.25) is 0 Å². The van der Waals surface area contributed by atoms with Crippen molar-refractivity contribution < 1.29 is 0 Å². The normalized spacial score (nSPS) is 26.2. The van der Waals surface area contributed by atoms with Crippen LogP contribution in [0.4, 0.5) is 0 Å². The van der Waals surface area contributed by atoms with Crippen LogP contribution in [0, 0.1) is 5.92 Å². The van der Waals surface area contributed by atoms with Crippen LogP contribution in [0.5, 0.6) is 0 Å². The van der Waals surface area contributed by atoms with Crippen molar-refractivity contribution in [3.63, 3.8) is 0 Å². The molecule has 0 saturated carbocycles. The predicted molar refractivity (Wildman–Crippen MR) is 73.2 cm³/mol. The molecular weight excluding hydrogens is 286 g/mol. The average Bonchev–Trinajstić information content (AvgIpc) is 2.63. The third-order valence-electron chi connectivity index (χ3n) is 3.45. The standard InChI is InChI=1S/C13H17BrClN/c1-10-6-7-16(13(10)8-14)9-11-2-4-12(15)5-3-11/h2-5,10,13H,6-9H2,1H3. The second-order valence-corrected chi connectivity index (χ2v) is 5.67. The number of benzene rings is 1. The fourth-order valence-electron chi connectivity index (χ4n) is 2.36. The molecular formula is C13H17BrClN. The maximum Gasteiger partial charge on any atom is 0.0406 e. The minimum atomic E-state index is 0.677. The number of hydrogen-bond acceptors (Lipinski definition) is 1. The largest absolute Gasteiger partial charge is 0.295 e. The van der Waals surface area contributed by atoms with Crippen molar-refractivity contribution in [2.75, 3.05) is 11.9 Å². The highest BCUT2D eigenvalue weighted by atomic mass is 79.9. The Morgan fingerprint density at radius 3 is 2.69 bits per heavy atom. The molecule has 0 amide bonds. The van der Waals surface area contributed by atoms with Crippen LogP contribution in [0.3, 0.4) is 0 Å². The molecule has 0 aromatic heterocycles. The summed E-state index contributed by atoms with van der Waals surface area (Å²) in [4.78, 5) is 2.56. The second kappa shape index (κ2) is 5.52. The number of alkyl halides is 1. The summed E-state index contributed by atoms with van der Waals surface area (Å²) >= 11 is 9.51. The molecule has 88 valence electrons. The Morgan fingerprint density at radius 1 is 1.38 bits per heavy atom. The summed E-state index contributed by atoms with van der Waals surface area (Å²) in [5, 5.41) is 1.89. The van der Waals surface area contributed by atoms with Crippen molar-refractivity contribution in [2.24, 2.45) is 5.92 Å². The van der Waals surface area contributed by atoms with E-state index in [1.807, 2.05) is 12.1 Å². The first-order valence-corrected chi connectivity index (χ1v) is 7.25. The van der Waals surface area contributed by atoms with Gasteiger partial charge in [-0.3, -0.25) is 4.90 Å². The summed E-state index contributed by atoms with van der Waals surface area (Å²) in [6.07, 6.45) is 1.31. The van der Waals surface area contributed by atoms with Gasteiger partial charge in [-0.25, -0.2) is 0 Å². The maximum atomic E-state index is 5.89. The van der Waals surface area contributed by atoms with Crippen molar-refractivity contribution in [1.29, 1.82) is 0 Å². The van der Waals surface area contributed by atoms with Gasteiger partial charge in [0.15, 0.2) is 0 Å². The highest BCUT2D eigenvalue weighted by Gasteiger charge is 2.29. The van der Waals surface area contributed by atoms with Gasteiger partial charge in [-0.1, -0.05) is 46.6 Å². The lowest BCUT2D eigenvalue weighted by molar-refractivity contribution is 0.244. The number of hydrogen-bond donors (Lipinski definition) is 0. The van der Waals surface area contributed by atoms with Crippen molar-refractivity contribution in [1.82, 2.24) is 4.90 Å². The van der Waals surface area contributed by atoms with Crippen LogP contribution in [-0.2, 0) is 6.54 Å². The molecule has 1 heterocycles. The van der Waals surface area contributed by atoms with E-state index in [0.29, 0.717) is 6.04 Å². The first kappa shape index (κ1) is 12.4. The van der Waals surface area contributed by atoms with Gasteiger partial charge in [-0.15, -0.1) is 0 Å². The molecule has 1 aliphatic heterocycles. The summed E-state index contributed by atoms with van der Waals surface area (Å²) in [6, 6.07) is 8.86. The van der Waals surface area contributed by atoms with Gasteiger partial charge < -0.3 is 0 Å². The molecule has 1 saturated heterocycles. The van der Waals surface area contributed by atoms with Gasteiger partial charge in [-0.05, 0) is 36.6 Å². The highest BCUT2D eigenvalue weighted by Crippen LogP contribution is 2.27. The van der Waals surface area contributed by atoms with Crippen LogP contribution in [0.25, 0.3) is 0 Å². The van der Waals surface area contributed by atoms with Crippen LogP contribution in [0.2, 0.25) is 5.02 Å². The molecule has 1 aromatic rings. The average molecular weight is 303 g/mol. The Balaban J connectivity index is 2.01. The second-order valence-electron chi connectivity index (χ2n) is 4.58. The van der Waals surface area contributed by atoms with E-state index in [1.165, 1.54) is 18.5 Å². The zero-order valence-corrected chi connectivity index (χ0v) is 11.8. The van der Waals surface area contributed by atoms with Gasteiger partial charge in [0.05, 0.1) is 0 Å². The molecule has 2 unspecified atom stereocenters. The fraction of sp³-hybridized carbons (Fsp3) is 0.538. The fourth-order valence-corrected chi connectivity index (χ4v) is 3.53. The van der Waals surface area contributed by atoms with E-state index in [0.717, 1.165) is 22.8 Å². The Kier molecular flexibility index (Phi) is 4.28. The molecule has 1 aromatic carbocycles. The Bertz CT molecular complexity index is 338. The quantitative estimate of drug-likeness (QED) is 0.764. The number of halogens is 2. The third kappa shape index (κ3) is 2.79. The van der Waals surface area contributed by atoms with E-state index < -0.39 is 0 Å². The van der Waals surface area contributed by atoms with Gasteiger partial charge in [0, 0.05) is 22.9 Å². The molecule has 1 nitrogen and oxygen atoms in total. The SMILES string of the molecule is CC1CCN(Cc2ccc(Cl)cc2)C1CBr. The van der Waals surface area contributed by atoms with Crippen molar-refractivity contribution in [3.05, 3.63) is 34.9 Å². The lowest BCUT2D eigenvalue weighted by Gasteiger charge is -2.25. The van der Waals surface area contributed by atoms with E-state index in [-0.39, 0.29) is 0 Å². The Morgan fingerprint density at radius 2 is 2.06 bits per heavy atom. The molecule has 2 rings (SSSR count). The minimum Gasteiger partial charge on any atom is -0.295 e. The molecule has 0 radical (unpaired) electrons.